The molecule has 0 aliphatic carbocycles. The van der Waals surface area contributed by atoms with Crippen LogP contribution in [0.25, 0.3) is 11.3 Å². The molecule has 1 aliphatic heterocycles. The first-order valence-corrected chi connectivity index (χ1v) is 11.6. The minimum atomic E-state index is -0.739. The molecular formula is C23H30N6O2S. The number of hydrogen-bond donors (Lipinski definition) is 1. The fourth-order valence-electron chi connectivity index (χ4n) is 3.55. The van der Waals surface area contributed by atoms with Crippen LogP contribution in [0.4, 0.5) is 5.13 Å². The maximum atomic E-state index is 12.7. The molecule has 2 amide bonds. The molecule has 0 spiro atoms. The van der Waals surface area contributed by atoms with Crippen LogP contribution in [0.5, 0.6) is 0 Å². The number of likely N-dealkylation sites (N-methyl/N-ethyl adjacent to an activating group) is 2. The van der Waals surface area contributed by atoms with Crippen LogP contribution in [0.2, 0.25) is 0 Å². The van der Waals surface area contributed by atoms with Gasteiger partial charge in [0.05, 0.1) is 5.69 Å². The van der Waals surface area contributed by atoms with Crippen molar-refractivity contribution in [1.82, 2.24) is 20.1 Å². The highest BCUT2D eigenvalue weighted by atomic mass is 32.1. The highest BCUT2D eigenvalue weighted by Gasteiger charge is 2.25. The van der Waals surface area contributed by atoms with Crippen LogP contribution in [0, 0.1) is 17.4 Å². The lowest BCUT2D eigenvalue weighted by atomic mass is 10.0. The fraction of sp³-hybridized carbons (Fsp3) is 0.478. The summed E-state index contributed by atoms with van der Waals surface area (Å²) >= 11 is 1.63. The zero-order valence-electron chi connectivity index (χ0n) is 19.0. The molecule has 1 aromatic heterocycles. The van der Waals surface area contributed by atoms with Crippen molar-refractivity contribution >= 4 is 28.3 Å². The van der Waals surface area contributed by atoms with E-state index in [0.717, 1.165) is 47.5 Å². The van der Waals surface area contributed by atoms with Crippen molar-refractivity contribution in [2.24, 2.45) is 5.92 Å². The van der Waals surface area contributed by atoms with Crippen LogP contribution in [0.3, 0.4) is 0 Å². The summed E-state index contributed by atoms with van der Waals surface area (Å²) in [6, 6.07) is 6.49. The summed E-state index contributed by atoms with van der Waals surface area (Å²) in [5, 5.41) is 14.9. The van der Waals surface area contributed by atoms with Gasteiger partial charge in [-0.1, -0.05) is 26.0 Å². The van der Waals surface area contributed by atoms with Gasteiger partial charge in [0.2, 0.25) is 0 Å². The van der Waals surface area contributed by atoms with E-state index < -0.39 is 11.9 Å². The highest BCUT2D eigenvalue weighted by molar-refractivity contribution is 7.14. The van der Waals surface area contributed by atoms with Gasteiger partial charge in [-0.15, -0.1) is 11.3 Å². The van der Waals surface area contributed by atoms with Crippen LogP contribution in [-0.2, 0) is 4.79 Å². The van der Waals surface area contributed by atoms with Gasteiger partial charge in [-0.05, 0) is 31.5 Å². The van der Waals surface area contributed by atoms with E-state index in [1.807, 2.05) is 31.4 Å². The Morgan fingerprint density at radius 3 is 2.47 bits per heavy atom. The van der Waals surface area contributed by atoms with Crippen LogP contribution < -0.4 is 10.2 Å². The molecule has 1 atom stereocenters. The summed E-state index contributed by atoms with van der Waals surface area (Å²) in [4.78, 5) is 35.5. The third kappa shape index (κ3) is 5.84. The summed E-state index contributed by atoms with van der Waals surface area (Å²) in [6.07, 6.45) is 2.27. The second-order valence-electron chi connectivity index (χ2n) is 8.54. The maximum Gasteiger partial charge on any atom is 0.257 e. The van der Waals surface area contributed by atoms with E-state index in [2.05, 4.69) is 22.2 Å². The molecule has 170 valence electrons. The molecule has 1 N–H and O–H groups in total. The highest BCUT2D eigenvalue weighted by Crippen LogP contribution is 2.28. The number of nitrogens with zero attached hydrogens (tertiary/aromatic N) is 5. The smallest absolute Gasteiger partial charge is 0.257 e. The van der Waals surface area contributed by atoms with Crippen molar-refractivity contribution in [2.75, 3.05) is 45.2 Å². The van der Waals surface area contributed by atoms with Crippen LogP contribution in [0.1, 0.15) is 30.6 Å². The number of nitriles is 1. The van der Waals surface area contributed by atoms with Gasteiger partial charge in [-0.2, -0.15) is 5.26 Å². The van der Waals surface area contributed by atoms with E-state index in [9.17, 15) is 9.59 Å². The van der Waals surface area contributed by atoms with Crippen molar-refractivity contribution in [3.8, 4) is 17.5 Å². The molecule has 0 saturated carbocycles. The van der Waals surface area contributed by atoms with Crippen molar-refractivity contribution in [1.29, 1.82) is 5.26 Å². The molecule has 1 saturated heterocycles. The molecule has 2 heterocycles. The maximum absolute atomic E-state index is 12.7. The van der Waals surface area contributed by atoms with Crippen molar-refractivity contribution in [2.45, 2.75) is 26.3 Å². The number of rotatable bonds is 7. The molecule has 3 rings (SSSR count). The molecule has 8 nitrogen and oxygen atoms in total. The lowest BCUT2D eigenvalue weighted by Gasteiger charge is -2.32. The lowest BCUT2D eigenvalue weighted by Crippen LogP contribution is -2.46. The van der Waals surface area contributed by atoms with Gasteiger partial charge in [0.15, 0.2) is 11.3 Å². The predicted molar refractivity (Wildman–Crippen MR) is 126 cm³/mol. The molecule has 0 bridgehead atoms. The van der Waals surface area contributed by atoms with Gasteiger partial charge in [-0.25, -0.2) is 4.98 Å². The van der Waals surface area contributed by atoms with Gasteiger partial charge < -0.3 is 15.1 Å². The normalized spacial score (nSPS) is 15.3. The summed E-state index contributed by atoms with van der Waals surface area (Å²) in [7, 11) is 3.53. The summed E-state index contributed by atoms with van der Waals surface area (Å²) < 4.78 is 0. The average Bonchev–Trinajstić information content (AvgIpc) is 3.28. The SMILES string of the molecule is CC(C)C[C@H](NC(=O)c1ccc(-c2csc(N3CCN(C)CC3)n2)cc1)C(=O)N(C)C#N. The minimum Gasteiger partial charge on any atom is -0.346 e. The largest absolute Gasteiger partial charge is 0.346 e. The van der Waals surface area contributed by atoms with E-state index in [0.29, 0.717) is 12.0 Å². The van der Waals surface area contributed by atoms with Gasteiger partial charge in [0, 0.05) is 49.7 Å². The molecule has 1 fully saturated rings. The molecule has 2 aromatic rings. The minimum absolute atomic E-state index is 0.192. The number of thiazole rings is 1. The first-order valence-electron chi connectivity index (χ1n) is 10.8. The van der Waals surface area contributed by atoms with Crippen molar-refractivity contribution in [3.63, 3.8) is 0 Å². The van der Waals surface area contributed by atoms with Crippen LogP contribution >= 0.6 is 11.3 Å². The van der Waals surface area contributed by atoms with E-state index in [1.54, 1.807) is 29.7 Å². The second-order valence-corrected chi connectivity index (χ2v) is 9.37. The number of piperazine rings is 1. The monoisotopic (exact) mass is 454 g/mol. The molecular weight excluding hydrogens is 424 g/mol. The zero-order chi connectivity index (χ0) is 23.3. The number of benzene rings is 1. The fourth-order valence-corrected chi connectivity index (χ4v) is 4.44. The summed E-state index contributed by atoms with van der Waals surface area (Å²) in [5.74, 6) is -0.554. The Hall–Kier alpha value is -2.96. The van der Waals surface area contributed by atoms with Gasteiger partial charge >= 0.3 is 0 Å². The topological polar surface area (TPSA) is 92.6 Å². The van der Waals surface area contributed by atoms with Crippen molar-refractivity contribution in [3.05, 3.63) is 35.2 Å². The average molecular weight is 455 g/mol. The molecule has 9 heteroatoms. The number of amides is 2. The Kier molecular flexibility index (Phi) is 7.83. The Balaban J connectivity index is 1.67. The van der Waals surface area contributed by atoms with Gasteiger partial charge in [-0.3, -0.25) is 14.5 Å². The molecule has 1 aromatic carbocycles. The Bertz CT molecular complexity index is 973. The van der Waals surface area contributed by atoms with E-state index in [4.69, 9.17) is 10.2 Å². The van der Waals surface area contributed by atoms with E-state index >= 15 is 0 Å². The number of anilines is 1. The van der Waals surface area contributed by atoms with Crippen LogP contribution in [-0.4, -0.2) is 72.9 Å². The molecule has 1 aliphatic rings. The molecule has 0 radical (unpaired) electrons. The number of carbonyl (C=O) groups excluding carboxylic acids is 2. The number of aromatic nitrogens is 1. The third-order valence-corrected chi connectivity index (χ3v) is 6.40. The second kappa shape index (κ2) is 10.6. The van der Waals surface area contributed by atoms with Crippen LogP contribution in [0.15, 0.2) is 29.6 Å². The zero-order valence-corrected chi connectivity index (χ0v) is 19.9. The van der Waals surface area contributed by atoms with E-state index in [1.165, 1.54) is 7.05 Å². The van der Waals surface area contributed by atoms with Crippen molar-refractivity contribution < 1.29 is 9.59 Å². The number of nitrogens with one attached hydrogen (secondary N) is 1. The van der Waals surface area contributed by atoms with E-state index in [-0.39, 0.29) is 11.8 Å². The summed E-state index contributed by atoms with van der Waals surface area (Å²) in [6.45, 7) is 7.95. The molecule has 32 heavy (non-hydrogen) atoms. The standard InChI is InChI=1S/C23H30N6O2S/c1-16(2)13-19(22(31)28(4)15-24)25-21(30)18-7-5-17(6-8-18)20-14-32-23(26-20)29-11-9-27(3)10-12-29/h5-8,14,16,19H,9-13H2,1-4H3,(H,25,30)/t19-/m0/s1. The first-order chi connectivity index (χ1) is 15.3. The number of carbonyl (C=O) groups is 2. The Morgan fingerprint density at radius 1 is 1.22 bits per heavy atom. The third-order valence-electron chi connectivity index (χ3n) is 5.50. The predicted octanol–water partition coefficient (Wildman–Crippen LogP) is 2.65. The summed E-state index contributed by atoms with van der Waals surface area (Å²) in [5.41, 5.74) is 2.29. The number of hydrogen-bond acceptors (Lipinski definition) is 7. The first kappa shape index (κ1) is 23.7. The van der Waals surface area contributed by atoms with Gasteiger partial charge in [0.25, 0.3) is 11.8 Å². The lowest BCUT2D eigenvalue weighted by molar-refractivity contribution is -0.129. The van der Waals surface area contributed by atoms with Gasteiger partial charge in [0.1, 0.15) is 6.04 Å². The molecule has 0 unspecified atom stereocenters. The quantitative estimate of drug-likeness (QED) is 0.511. The Labute approximate surface area is 193 Å². The Morgan fingerprint density at radius 2 is 1.88 bits per heavy atom.